The van der Waals surface area contributed by atoms with Crippen molar-refractivity contribution in [2.75, 3.05) is 0 Å². The average molecular weight is 725 g/mol. The van der Waals surface area contributed by atoms with Crippen LogP contribution in [0.2, 0.25) is 0 Å². The maximum absolute atomic E-state index is 12.9. The lowest BCUT2D eigenvalue weighted by molar-refractivity contribution is -0.147. The van der Waals surface area contributed by atoms with Gasteiger partial charge in [-0.1, -0.05) is 37.6 Å². The minimum Gasteiger partial charge on any atom is -0.507 e. The van der Waals surface area contributed by atoms with Crippen LogP contribution in [0.5, 0.6) is 28.7 Å². The molecule has 16 heteroatoms. The number of aldehydes is 2. The van der Waals surface area contributed by atoms with E-state index in [4.69, 9.17) is 19.3 Å². The number of rotatable bonds is 11. The van der Waals surface area contributed by atoms with E-state index < -0.39 is 94.1 Å². The van der Waals surface area contributed by atoms with E-state index in [0.717, 1.165) is 18.9 Å². The fourth-order valence-electron chi connectivity index (χ4n) is 5.39. The summed E-state index contributed by atoms with van der Waals surface area (Å²) in [5.41, 5.74) is -1.80. The SMILES string of the molecule is CCCC=CC=CC1CC(O)C(O)C(=O)C1C=O.Cc1cc(O)c(C=O)c2c1C(=O)Oc1c(COC(=O)C=CC(=O)O)c(O)c(C(=O)O)c(C)c1O2. The van der Waals surface area contributed by atoms with Crippen molar-refractivity contribution in [3.8, 4) is 28.7 Å². The number of ketones is 1. The van der Waals surface area contributed by atoms with Crippen molar-refractivity contribution in [1.82, 2.24) is 0 Å². The molecule has 0 aromatic heterocycles. The number of carbonyl (C=O) groups excluding carboxylic acids is 5. The normalized spacial score (nSPS) is 19.5. The molecule has 1 aliphatic heterocycles. The van der Waals surface area contributed by atoms with Crippen LogP contribution in [0.15, 0.2) is 42.5 Å². The smallest absolute Gasteiger partial charge is 0.347 e. The summed E-state index contributed by atoms with van der Waals surface area (Å²) < 4.78 is 15.9. The largest absolute Gasteiger partial charge is 0.507 e. The van der Waals surface area contributed by atoms with Gasteiger partial charge >= 0.3 is 23.9 Å². The van der Waals surface area contributed by atoms with Gasteiger partial charge < -0.3 is 49.6 Å². The molecular weight excluding hydrogens is 688 g/mol. The molecular formula is C36H36O16. The van der Waals surface area contributed by atoms with Gasteiger partial charge in [0.25, 0.3) is 0 Å². The number of hydrogen-bond acceptors (Lipinski definition) is 14. The Morgan fingerprint density at radius 3 is 2.27 bits per heavy atom. The monoisotopic (exact) mass is 724 g/mol. The first-order chi connectivity index (χ1) is 24.6. The molecule has 1 saturated carbocycles. The number of phenolic OH excluding ortho intramolecular Hbond substituents is 1. The van der Waals surface area contributed by atoms with E-state index in [0.29, 0.717) is 18.4 Å². The molecule has 276 valence electrons. The van der Waals surface area contributed by atoms with Gasteiger partial charge in [0.2, 0.25) is 0 Å². The predicted molar refractivity (Wildman–Crippen MR) is 178 cm³/mol. The highest BCUT2D eigenvalue weighted by Gasteiger charge is 2.41. The number of Topliss-reactive ketones (excluding diaryl/α,β-unsaturated/α-hetero) is 1. The third-order valence-electron chi connectivity index (χ3n) is 8.04. The number of aliphatic hydroxyl groups is 2. The van der Waals surface area contributed by atoms with E-state index in [1.807, 2.05) is 12.2 Å². The molecule has 1 aliphatic carbocycles. The first kappa shape index (κ1) is 40.3. The number of benzene rings is 2. The topological polar surface area (TPSA) is 269 Å². The maximum atomic E-state index is 12.9. The zero-order valence-electron chi connectivity index (χ0n) is 28.1. The molecule has 0 spiro atoms. The Bertz CT molecular complexity index is 1870. The van der Waals surface area contributed by atoms with Crippen LogP contribution in [-0.2, 0) is 30.5 Å². The number of aliphatic hydroxyl groups excluding tert-OH is 2. The van der Waals surface area contributed by atoms with Gasteiger partial charge in [-0.3, -0.25) is 9.59 Å². The summed E-state index contributed by atoms with van der Waals surface area (Å²) in [5, 5.41) is 57.8. The third kappa shape index (κ3) is 8.96. The van der Waals surface area contributed by atoms with E-state index in [1.165, 1.54) is 13.8 Å². The molecule has 4 rings (SSSR count). The van der Waals surface area contributed by atoms with Crippen molar-refractivity contribution in [3.63, 3.8) is 0 Å². The maximum Gasteiger partial charge on any atom is 0.347 e. The Labute approximate surface area is 295 Å². The minimum absolute atomic E-state index is 0.169. The van der Waals surface area contributed by atoms with E-state index in [2.05, 4.69) is 6.92 Å². The van der Waals surface area contributed by atoms with Crippen LogP contribution < -0.4 is 9.47 Å². The predicted octanol–water partition coefficient (Wildman–Crippen LogP) is 3.26. The second kappa shape index (κ2) is 17.7. The summed E-state index contributed by atoms with van der Waals surface area (Å²) in [6.45, 7) is 3.91. The Morgan fingerprint density at radius 2 is 1.67 bits per heavy atom. The number of allylic oxidation sites excluding steroid dienone is 4. The molecule has 2 aromatic rings. The van der Waals surface area contributed by atoms with E-state index in [9.17, 15) is 59.1 Å². The fraction of sp³-hybridized carbons (Fsp3) is 0.306. The Balaban J connectivity index is 0.000000341. The number of aryl methyl sites for hydroxylation is 1. The molecule has 1 fully saturated rings. The molecule has 0 bridgehead atoms. The molecule has 52 heavy (non-hydrogen) atoms. The van der Waals surface area contributed by atoms with Gasteiger partial charge in [-0.2, -0.15) is 0 Å². The van der Waals surface area contributed by atoms with Crippen LogP contribution in [0.4, 0.5) is 0 Å². The molecule has 0 saturated heterocycles. The van der Waals surface area contributed by atoms with Crippen molar-refractivity contribution in [2.45, 2.75) is 58.8 Å². The summed E-state index contributed by atoms with van der Waals surface area (Å²) in [4.78, 5) is 81.2. The lowest BCUT2D eigenvalue weighted by atomic mass is 9.76. The molecule has 6 N–H and O–H groups in total. The summed E-state index contributed by atoms with van der Waals surface area (Å²) >= 11 is 0. The van der Waals surface area contributed by atoms with Gasteiger partial charge in [-0.25, -0.2) is 19.2 Å². The highest BCUT2D eigenvalue weighted by molar-refractivity contribution is 6.03. The lowest BCUT2D eigenvalue weighted by Gasteiger charge is -2.31. The fourth-order valence-corrected chi connectivity index (χ4v) is 5.39. The number of aliphatic carboxylic acids is 1. The van der Waals surface area contributed by atoms with Gasteiger partial charge in [-0.15, -0.1) is 0 Å². The highest BCUT2D eigenvalue weighted by atomic mass is 16.6. The number of aromatic hydroxyl groups is 2. The first-order valence-corrected chi connectivity index (χ1v) is 15.7. The van der Waals surface area contributed by atoms with Crippen LogP contribution >= 0.6 is 0 Å². The van der Waals surface area contributed by atoms with Crippen LogP contribution in [-0.4, -0.2) is 85.1 Å². The lowest BCUT2D eigenvalue weighted by Crippen LogP contribution is -2.47. The first-order valence-electron chi connectivity index (χ1n) is 15.7. The molecule has 1 heterocycles. The number of aromatic carboxylic acids is 1. The van der Waals surface area contributed by atoms with Gasteiger partial charge in [-0.05, 0) is 44.2 Å². The molecule has 2 aromatic carbocycles. The molecule has 2 aliphatic rings. The highest BCUT2D eigenvalue weighted by Crippen LogP contribution is 2.50. The zero-order chi connectivity index (χ0) is 38.9. The van der Waals surface area contributed by atoms with Gasteiger partial charge in [0, 0.05) is 17.7 Å². The Kier molecular flexibility index (Phi) is 13.7. The van der Waals surface area contributed by atoms with Gasteiger partial charge in [0.1, 0.15) is 41.6 Å². The Morgan fingerprint density at radius 1 is 0.981 bits per heavy atom. The van der Waals surface area contributed by atoms with E-state index >= 15 is 0 Å². The molecule has 0 radical (unpaired) electrons. The van der Waals surface area contributed by atoms with Crippen molar-refractivity contribution in [2.24, 2.45) is 11.8 Å². The average Bonchev–Trinajstić information content (AvgIpc) is 3.23. The van der Waals surface area contributed by atoms with E-state index in [1.54, 1.807) is 12.2 Å². The number of fused-ring (bicyclic) bond motifs is 2. The summed E-state index contributed by atoms with van der Waals surface area (Å²) in [7, 11) is 0. The number of ether oxygens (including phenoxy) is 3. The van der Waals surface area contributed by atoms with Gasteiger partial charge in [0.15, 0.2) is 29.3 Å². The summed E-state index contributed by atoms with van der Waals surface area (Å²) in [5.74, 6) is -9.68. The molecule has 16 nitrogen and oxygen atoms in total. The Hall–Kier alpha value is -6.13. The van der Waals surface area contributed by atoms with Crippen LogP contribution in [0.25, 0.3) is 0 Å². The van der Waals surface area contributed by atoms with E-state index in [-0.39, 0.29) is 41.1 Å². The number of carboxylic acid groups (broad SMARTS) is 2. The number of phenols is 2. The van der Waals surface area contributed by atoms with Crippen molar-refractivity contribution in [1.29, 1.82) is 0 Å². The second-order valence-corrected chi connectivity index (χ2v) is 11.6. The quantitative estimate of drug-likeness (QED) is 0.0485. The van der Waals surface area contributed by atoms with Crippen molar-refractivity contribution in [3.05, 3.63) is 75.9 Å². The number of esters is 2. The number of carbonyl (C=O) groups is 7. The van der Waals surface area contributed by atoms with Gasteiger partial charge in [0.05, 0.1) is 23.1 Å². The minimum atomic E-state index is -1.60. The van der Waals surface area contributed by atoms with Crippen LogP contribution in [0.3, 0.4) is 0 Å². The van der Waals surface area contributed by atoms with Crippen molar-refractivity contribution >= 4 is 42.2 Å². The summed E-state index contributed by atoms with van der Waals surface area (Å²) in [6.07, 6.45) is 9.03. The molecule has 4 unspecified atom stereocenters. The zero-order valence-corrected chi connectivity index (χ0v) is 28.1. The number of carboxylic acids is 2. The molecule has 0 amide bonds. The van der Waals surface area contributed by atoms with Crippen molar-refractivity contribution < 1.29 is 78.4 Å². The molecule has 4 atom stereocenters. The summed E-state index contributed by atoms with van der Waals surface area (Å²) in [6, 6.07) is 1.13. The standard InChI is InChI=1S/C22H16O12.C14H20O4/c1-8-5-12(24)10(6-23)19-15(8)22(31)34-20-11(7-32-14(27)4-3-13(25)26)17(28)16(21(29)30)9(2)18(20)33-19;1-2-3-4-5-6-7-10-8-12(16)14(18)13(17)11(10)9-15/h3-6,24,28H,7H2,1-2H3,(H,25,26)(H,29,30);4-7,9-12,14,16,18H,2-3,8H2,1H3. The van der Waals surface area contributed by atoms with Crippen LogP contribution in [0.1, 0.15) is 74.0 Å². The number of hydrogen-bond donors (Lipinski definition) is 6. The second-order valence-electron chi connectivity index (χ2n) is 11.6. The van der Waals surface area contributed by atoms with Crippen LogP contribution in [0, 0.1) is 25.7 Å². The number of unbranched alkanes of at least 4 members (excludes halogenated alkanes) is 1. The third-order valence-corrected chi connectivity index (χ3v) is 8.04.